The zero-order chi connectivity index (χ0) is 22.4. The molecule has 0 saturated heterocycles. The first-order valence-electron chi connectivity index (χ1n) is 8.43. The second-order valence-corrected chi connectivity index (χ2v) is 7.80. The zero-order valence-corrected chi connectivity index (χ0v) is 16.4. The van der Waals surface area contributed by atoms with E-state index < -0.39 is 32.2 Å². The van der Waals surface area contributed by atoms with E-state index in [0.717, 1.165) is 12.1 Å². The number of sulfone groups is 1. The van der Waals surface area contributed by atoms with Gasteiger partial charge in [0.2, 0.25) is 5.91 Å². The minimum atomic E-state index is -5.59. The van der Waals surface area contributed by atoms with Gasteiger partial charge in [-0.25, -0.2) is 13.2 Å². The van der Waals surface area contributed by atoms with E-state index in [1.165, 1.54) is 7.11 Å². The number of benzene rings is 2. The molecule has 3 N–H and O–H groups in total. The minimum absolute atomic E-state index is 0.0285. The number of rotatable bonds is 7. The molecule has 0 radical (unpaired) electrons. The third kappa shape index (κ3) is 5.86. The van der Waals surface area contributed by atoms with E-state index in [0.29, 0.717) is 11.8 Å². The molecule has 0 unspecified atom stereocenters. The lowest BCUT2D eigenvalue weighted by Crippen LogP contribution is -2.31. The van der Waals surface area contributed by atoms with Gasteiger partial charge < -0.3 is 20.7 Å². The number of carbonyl (C=O) groups is 2. The summed E-state index contributed by atoms with van der Waals surface area (Å²) in [5, 5.41) is 7.27. The SMILES string of the molecule is COc1ccc(S(=O)(=O)C(F)(F)F)cc1NC(=O)CCNC(=O)Nc1ccccc1. The summed E-state index contributed by atoms with van der Waals surface area (Å²) in [6, 6.07) is 10.4. The van der Waals surface area contributed by atoms with Gasteiger partial charge in [0, 0.05) is 18.7 Å². The Labute approximate surface area is 170 Å². The van der Waals surface area contributed by atoms with Crippen molar-refractivity contribution in [2.45, 2.75) is 16.8 Å². The molecule has 0 aliphatic heterocycles. The fraction of sp³-hybridized carbons (Fsp3) is 0.222. The van der Waals surface area contributed by atoms with E-state index in [9.17, 15) is 31.2 Å². The molecule has 162 valence electrons. The Bertz CT molecular complexity index is 1010. The Morgan fingerprint density at radius 3 is 2.30 bits per heavy atom. The predicted molar refractivity (Wildman–Crippen MR) is 103 cm³/mol. The summed E-state index contributed by atoms with van der Waals surface area (Å²) >= 11 is 0. The lowest BCUT2D eigenvalue weighted by atomic mass is 10.2. The maximum absolute atomic E-state index is 12.7. The Morgan fingerprint density at radius 1 is 1.03 bits per heavy atom. The number of anilines is 2. The van der Waals surface area contributed by atoms with Crippen molar-refractivity contribution < 1.29 is 35.9 Å². The third-order valence-corrected chi connectivity index (χ3v) is 5.21. The summed E-state index contributed by atoms with van der Waals surface area (Å²) in [5.74, 6) is -0.700. The number of hydrogen-bond donors (Lipinski definition) is 3. The zero-order valence-electron chi connectivity index (χ0n) is 15.6. The highest BCUT2D eigenvalue weighted by Gasteiger charge is 2.47. The van der Waals surface area contributed by atoms with Crippen LogP contribution in [0, 0.1) is 0 Å². The molecular formula is C18H18F3N3O5S. The summed E-state index contributed by atoms with van der Waals surface area (Å²) in [6.07, 6.45) is -0.221. The topological polar surface area (TPSA) is 114 Å². The Hall–Kier alpha value is -3.28. The molecule has 2 aromatic rings. The first-order valence-corrected chi connectivity index (χ1v) is 9.92. The van der Waals surface area contributed by atoms with Crippen LogP contribution in [0.2, 0.25) is 0 Å². The van der Waals surface area contributed by atoms with E-state index in [1.54, 1.807) is 30.3 Å². The standard InChI is InChI=1S/C18H18F3N3O5S/c1-29-15-8-7-13(30(27,28)18(19,20)21)11-14(15)24-16(25)9-10-22-17(26)23-12-5-3-2-4-6-12/h2-8,11H,9-10H2,1H3,(H,24,25)(H2,22,23,26). The molecule has 0 bridgehead atoms. The smallest absolute Gasteiger partial charge is 0.495 e. The van der Waals surface area contributed by atoms with Crippen molar-refractivity contribution in [2.75, 3.05) is 24.3 Å². The number of urea groups is 1. The molecule has 3 amide bonds. The Balaban J connectivity index is 1.98. The van der Waals surface area contributed by atoms with Gasteiger partial charge in [0.25, 0.3) is 9.84 Å². The van der Waals surface area contributed by atoms with E-state index in [1.807, 2.05) is 0 Å². The summed E-state index contributed by atoms with van der Waals surface area (Å²) in [5.41, 5.74) is -5.19. The van der Waals surface area contributed by atoms with Crippen molar-refractivity contribution in [3.05, 3.63) is 48.5 Å². The summed E-state index contributed by atoms with van der Waals surface area (Å²) in [6.45, 7) is -0.0760. The number of nitrogens with one attached hydrogen (secondary N) is 3. The number of carbonyl (C=O) groups excluding carboxylic acids is 2. The van der Waals surface area contributed by atoms with Crippen LogP contribution in [-0.2, 0) is 14.6 Å². The molecular weight excluding hydrogens is 427 g/mol. The molecule has 0 atom stereocenters. The first kappa shape index (κ1) is 23.0. The molecule has 0 aliphatic carbocycles. The predicted octanol–water partition coefficient (Wildman–Crippen LogP) is 3.14. The van der Waals surface area contributed by atoms with E-state index >= 15 is 0 Å². The molecule has 0 spiro atoms. The molecule has 0 fully saturated rings. The monoisotopic (exact) mass is 445 g/mol. The van der Waals surface area contributed by atoms with E-state index in [-0.39, 0.29) is 24.4 Å². The van der Waals surface area contributed by atoms with Crippen LogP contribution in [-0.4, -0.2) is 39.5 Å². The second-order valence-electron chi connectivity index (χ2n) is 5.86. The van der Waals surface area contributed by atoms with Gasteiger partial charge in [0.1, 0.15) is 5.75 Å². The average Bonchev–Trinajstić information content (AvgIpc) is 2.67. The van der Waals surface area contributed by atoms with Gasteiger partial charge in [-0.2, -0.15) is 13.2 Å². The lowest BCUT2D eigenvalue weighted by molar-refractivity contribution is -0.116. The maximum atomic E-state index is 12.7. The van der Waals surface area contributed by atoms with Crippen LogP contribution in [0.3, 0.4) is 0 Å². The fourth-order valence-corrected chi connectivity index (χ4v) is 3.07. The van der Waals surface area contributed by atoms with Gasteiger partial charge in [-0.3, -0.25) is 4.79 Å². The number of amides is 3. The van der Waals surface area contributed by atoms with Crippen LogP contribution in [0.4, 0.5) is 29.3 Å². The quantitative estimate of drug-likeness (QED) is 0.606. The first-order chi connectivity index (χ1) is 14.0. The number of hydrogen-bond acceptors (Lipinski definition) is 5. The van der Waals surface area contributed by atoms with Crippen molar-refractivity contribution >= 4 is 33.2 Å². The van der Waals surface area contributed by atoms with Crippen LogP contribution in [0.5, 0.6) is 5.75 Å². The Morgan fingerprint density at radius 2 is 1.70 bits per heavy atom. The molecule has 2 aromatic carbocycles. The highest BCUT2D eigenvalue weighted by Crippen LogP contribution is 2.34. The van der Waals surface area contributed by atoms with Crippen molar-refractivity contribution in [2.24, 2.45) is 0 Å². The average molecular weight is 445 g/mol. The van der Waals surface area contributed by atoms with Gasteiger partial charge in [-0.05, 0) is 30.3 Å². The lowest BCUT2D eigenvalue weighted by Gasteiger charge is -2.14. The summed E-state index contributed by atoms with van der Waals surface area (Å²) in [7, 11) is -4.38. The molecule has 0 saturated carbocycles. The highest BCUT2D eigenvalue weighted by atomic mass is 32.2. The van der Waals surface area contributed by atoms with Crippen molar-refractivity contribution in [1.82, 2.24) is 5.32 Å². The van der Waals surface area contributed by atoms with Crippen LogP contribution in [0.1, 0.15) is 6.42 Å². The molecule has 0 heterocycles. The summed E-state index contributed by atoms with van der Waals surface area (Å²) < 4.78 is 66.3. The normalized spacial score (nSPS) is 11.5. The Kier molecular flexibility index (Phi) is 7.27. The second kappa shape index (κ2) is 9.48. The van der Waals surface area contributed by atoms with E-state index in [2.05, 4.69) is 16.0 Å². The number of ether oxygens (including phenoxy) is 1. The molecule has 12 heteroatoms. The largest absolute Gasteiger partial charge is 0.501 e. The van der Waals surface area contributed by atoms with Crippen LogP contribution in [0.15, 0.2) is 53.4 Å². The molecule has 2 rings (SSSR count). The molecule has 0 aliphatic rings. The van der Waals surface area contributed by atoms with Gasteiger partial charge in [0.05, 0.1) is 17.7 Å². The summed E-state index contributed by atoms with van der Waals surface area (Å²) in [4.78, 5) is 22.8. The van der Waals surface area contributed by atoms with Gasteiger partial charge in [-0.15, -0.1) is 0 Å². The third-order valence-electron chi connectivity index (χ3n) is 3.73. The van der Waals surface area contributed by atoms with E-state index in [4.69, 9.17) is 4.74 Å². The van der Waals surface area contributed by atoms with Crippen molar-refractivity contribution in [3.8, 4) is 5.75 Å². The fourth-order valence-electron chi connectivity index (χ4n) is 2.28. The van der Waals surface area contributed by atoms with Crippen LogP contribution in [0.25, 0.3) is 0 Å². The maximum Gasteiger partial charge on any atom is 0.501 e. The van der Waals surface area contributed by atoms with Gasteiger partial charge in [-0.1, -0.05) is 18.2 Å². The number of para-hydroxylation sites is 1. The number of alkyl halides is 3. The van der Waals surface area contributed by atoms with Gasteiger partial charge in [0.15, 0.2) is 0 Å². The van der Waals surface area contributed by atoms with Crippen LogP contribution >= 0.6 is 0 Å². The molecule has 0 aromatic heterocycles. The minimum Gasteiger partial charge on any atom is -0.495 e. The van der Waals surface area contributed by atoms with Crippen molar-refractivity contribution in [3.63, 3.8) is 0 Å². The molecule has 8 nitrogen and oxygen atoms in total. The highest BCUT2D eigenvalue weighted by molar-refractivity contribution is 7.92. The van der Waals surface area contributed by atoms with Gasteiger partial charge >= 0.3 is 11.5 Å². The number of halogens is 3. The van der Waals surface area contributed by atoms with Crippen LogP contribution < -0.4 is 20.7 Å². The molecule has 30 heavy (non-hydrogen) atoms. The number of methoxy groups -OCH3 is 1. The van der Waals surface area contributed by atoms with Crippen molar-refractivity contribution in [1.29, 1.82) is 0 Å².